The van der Waals surface area contributed by atoms with Crippen molar-refractivity contribution >= 4 is 87.0 Å². The molecule has 16 heteroatoms. The fraction of sp³-hybridized carbons (Fsp3) is 0.333. The van der Waals surface area contributed by atoms with Crippen LogP contribution in [0, 0.1) is 13.8 Å². The number of piperazine rings is 1. The van der Waals surface area contributed by atoms with Crippen LogP contribution >= 0.6 is 48.0 Å². The third-order valence-electron chi connectivity index (χ3n) is 9.24. The number of nitrogens with two attached hydrogens (primary N) is 1. The minimum Gasteiger partial charge on any atom is -0.487 e. The SMILES string of the molecule is Cc1cc(C)c2cccc(OCc3c(Cl)ccc(S(=O)(=O)N4CCC[C@H]4C(=O)N4CCN(C(=O)Cc5ccc(C=NN)cc5)CC4)c3Cl)c2n1.Cl.Cl. The van der Waals surface area contributed by atoms with Crippen molar-refractivity contribution in [2.45, 2.75) is 50.7 Å². The molecule has 0 bridgehead atoms. The summed E-state index contributed by atoms with van der Waals surface area (Å²) in [5, 5.41) is 4.66. The van der Waals surface area contributed by atoms with E-state index < -0.39 is 16.1 Å². The van der Waals surface area contributed by atoms with Crippen LogP contribution in [-0.4, -0.2) is 84.3 Å². The number of halogens is 4. The summed E-state index contributed by atoms with van der Waals surface area (Å²) >= 11 is 13.3. The van der Waals surface area contributed by atoms with Crippen molar-refractivity contribution in [3.8, 4) is 5.75 Å². The molecule has 2 aliphatic heterocycles. The first kappa shape index (κ1) is 41.1. The molecule has 3 heterocycles. The minimum atomic E-state index is -4.19. The molecular weight excluding hydrogens is 770 g/mol. The Morgan fingerprint density at radius 3 is 2.37 bits per heavy atom. The summed E-state index contributed by atoms with van der Waals surface area (Å²) in [4.78, 5) is 34.7. The number of aromatic nitrogens is 1. The van der Waals surface area contributed by atoms with Crippen molar-refractivity contribution < 1.29 is 22.7 Å². The first-order valence-electron chi connectivity index (χ1n) is 16.3. The average Bonchev–Trinajstić information content (AvgIpc) is 3.60. The summed E-state index contributed by atoms with van der Waals surface area (Å²) < 4.78 is 35.6. The van der Waals surface area contributed by atoms with Gasteiger partial charge in [-0.2, -0.15) is 9.41 Å². The maximum absolute atomic E-state index is 14.1. The van der Waals surface area contributed by atoms with E-state index in [0.717, 1.165) is 27.8 Å². The van der Waals surface area contributed by atoms with E-state index in [9.17, 15) is 18.0 Å². The molecule has 278 valence electrons. The van der Waals surface area contributed by atoms with Crippen molar-refractivity contribution in [1.29, 1.82) is 0 Å². The number of ether oxygens (including phenoxy) is 1. The molecule has 6 rings (SSSR count). The van der Waals surface area contributed by atoms with Gasteiger partial charge in [0, 0.05) is 54.4 Å². The standard InChI is InChI=1S/C36H38Cl2N6O5S.2ClH/c1-23-19-24(2)41-35-27(23)5-3-7-31(35)49-22-28-29(37)12-13-32(34(28)38)50(47,48)44-14-4-6-30(44)36(46)43-17-15-42(16-18-43)33(45)20-25-8-10-26(11-9-25)21-40-39;;/h3,5,7-13,19,21,30H,4,6,14-18,20,22,39H2,1-2H3;2*1H/t30-;;/m0../s1. The highest BCUT2D eigenvalue weighted by Gasteiger charge is 2.43. The Morgan fingerprint density at radius 2 is 1.67 bits per heavy atom. The van der Waals surface area contributed by atoms with E-state index in [2.05, 4.69) is 10.1 Å². The van der Waals surface area contributed by atoms with Crippen molar-refractivity contribution in [2.75, 3.05) is 32.7 Å². The fourth-order valence-electron chi connectivity index (χ4n) is 6.61. The molecule has 4 aromatic rings. The Bertz CT molecular complexity index is 2080. The quantitative estimate of drug-likeness (QED) is 0.126. The number of nitrogens with zero attached hydrogens (tertiary/aromatic N) is 5. The number of aryl methyl sites for hydroxylation is 2. The second-order valence-electron chi connectivity index (χ2n) is 12.5. The maximum atomic E-state index is 14.1. The second-order valence-corrected chi connectivity index (χ2v) is 15.2. The molecule has 2 N–H and O–H groups in total. The lowest BCUT2D eigenvalue weighted by Crippen LogP contribution is -2.55. The van der Waals surface area contributed by atoms with Gasteiger partial charge in [-0.15, -0.1) is 24.8 Å². The number of carbonyl (C=O) groups is 2. The van der Waals surface area contributed by atoms with Crippen LogP contribution in [0.1, 0.15) is 40.8 Å². The van der Waals surface area contributed by atoms with Crippen LogP contribution in [0.3, 0.4) is 0 Å². The van der Waals surface area contributed by atoms with Crippen LogP contribution < -0.4 is 10.6 Å². The van der Waals surface area contributed by atoms with Gasteiger partial charge in [-0.3, -0.25) is 9.59 Å². The van der Waals surface area contributed by atoms with Crippen LogP contribution in [0.5, 0.6) is 5.75 Å². The third kappa shape index (κ3) is 8.59. The zero-order valence-corrected chi connectivity index (χ0v) is 32.6. The fourth-order valence-corrected chi connectivity index (χ4v) is 9.13. The molecule has 11 nitrogen and oxygen atoms in total. The van der Waals surface area contributed by atoms with Crippen LogP contribution in [0.4, 0.5) is 0 Å². The van der Waals surface area contributed by atoms with E-state index >= 15 is 0 Å². The zero-order chi connectivity index (χ0) is 35.6. The first-order valence-corrected chi connectivity index (χ1v) is 18.5. The monoisotopic (exact) mass is 808 g/mol. The van der Waals surface area contributed by atoms with E-state index in [-0.39, 0.29) is 71.1 Å². The van der Waals surface area contributed by atoms with Crippen LogP contribution in [0.2, 0.25) is 10.0 Å². The number of sulfonamides is 1. The molecule has 0 aliphatic carbocycles. The highest BCUT2D eigenvalue weighted by atomic mass is 35.5. The number of amides is 2. The predicted molar refractivity (Wildman–Crippen MR) is 209 cm³/mol. The molecule has 2 fully saturated rings. The van der Waals surface area contributed by atoms with Gasteiger partial charge in [0.15, 0.2) is 0 Å². The Hall–Kier alpha value is -3.65. The van der Waals surface area contributed by atoms with Gasteiger partial charge >= 0.3 is 0 Å². The normalized spacial score (nSPS) is 16.5. The van der Waals surface area contributed by atoms with E-state index in [1.807, 2.05) is 56.3 Å². The smallest absolute Gasteiger partial charge is 0.245 e. The molecule has 52 heavy (non-hydrogen) atoms. The summed E-state index contributed by atoms with van der Waals surface area (Å²) in [6.45, 7) is 5.35. The van der Waals surface area contributed by atoms with Crippen molar-refractivity contribution in [3.05, 3.63) is 98.7 Å². The highest BCUT2D eigenvalue weighted by Crippen LogP contribution is 2.37. The van der Waals surface area contributed by atoms with E-state index in [4.69, 9.17) is 33.8 Å². The number of rotatable bonds is 9. The predicted octanol–water partition coefficient (Wildman–Crippen LogP) is 5.94. The molecule has 2 saturated heterocycles. The van der Waals surface area contributed by atoms with E-state index in [1.54, 1.807) is 15.9 Å². The number of pyridine rings is 1. The number of fused-ring (bicyclic) bond motifs is 1. The average molecular weight is 811 g/mol. The summed E-state index contributed by atoms with van der Waals surface area (Å²) in [5.41, 5.74) is 4.61. The first-order chi connectivity index (χ1) is 24.0. The molecule has 0 unspecified atom stereocenters. The zero-order valence-electron chi connectivity index (χ0n) is 28.6. The van der Waals surface area contributed by atoms with Gasteiger partial charge in [0.25, 0.3) is 0 Å². The molecule has 1 aromatic heterocycles. The van der Waals surface area contributed by atoms with Crippen LogP contribution in [0.15, 0.2) is 70.7 Å². The lowest BCUT2D eigenvalue weighted by molar-refractivity contribution is -0.141. The third-order valence-corrected chi connectivity index (χ3v) is 12.1. The van der Waals surface area contributed by atoms with E-state index in [1.165, 1.54) is 22.7 Å². The number of hydrogen-bond donors (Lipinski definition) is 1. The van der Waals surface area contributed by atoms with Gasteiger partial charge in [0.1, 0.15) is 28.8 Å². The lowest BCUT2D eigenvalue weighted by atomic mass is 10.1. The molecule has 1 atom stereocenters. The van der Waals surface area contributed by atoms with Gasteiger partial charge in [0.2, 0.25) is 21.8 Å². The molecule has 0 spiro atoms. The van der Waals surface area contributed by atoms with Gasteiger partial charge in [-0.1, -0.05) is 59.6 Å². The van der Waals surface area contributed by atoms with Gasteiger partial charge in [-0.25, -0.2) is 13.4 Å². The number of para-hydroxylation sites is 1. The minimum absolute atomic E-state index is 0. The number of hydrazone groups is 1. The molecule has 2 aliphatic rings. The van der Waals surface area contributed by atoms with Crippen molar-refractivity contribution in [3.63, 3.8) is 0 Å². The Morgan fingerprint density at radius 1 is 0.981 bits per heavy atom. The Balaban J connectivity index is 0.00000302. The number of carbonyl (C=O) groups excluding carboxylic acids is 2. The van der Waals surface area contributed by atoms with Crippen LogP contribution in [-0.2, 0) is 32.6 Å². The Labute approximate surface area is 326 Å². The molecule has 0 saturated carbocycles. The maximum Gasteiger partial charge on any atom is 0.245 e. The second kappa shape index (κ2) is 17.5. The molecule has 2 amide bonds. The van der Waals surface area contributed by atoms with Gasteiger partial charge < -0.3 is 20.4 Å². The Kier molecular flexibility index (Phi) is 13.8. The number of hydrogen-bond acceptors (Lipinski definition) is 8. The largest absolute Gasteiger partial charge is 0.487 e. The molecular formula is C36H40Cl4N6O5S. The summed E-state index contributed by atoms with van der Waals surface area (Å²) in [6, 6.07) is 17.0. The highest BCUT2D eigenvalue weighted by molar-refractivity contribution is 7.89. The summed E-state index contributed by atoms with van der Waals surface area (Å²) in [7, 11) is -4.19. The van der Waals surface area contributed by atoms with Gasteiger partial charge in [0.05, 0.1) is 17.7 Å². The van der Waals surface area contributed by atoms with Gasteiger partial charge in [-0.05, 0) is 67.6 Å². The van der Waals surface area contributed by atoms with E-state index in [0.29, 0.717) is 55.9 Å². The molecule has 3 aromatic carbocycles. The summed E-state index contributed by atoms with van der Waals surface area (Å²) in [5.74, 6) is 5.40. The number of benzene rings is 3. The lowest BCUT2D eigenvalue weighted by Gasteiger charge is -2.37. The van der Waals surface area contributed by atoms with Crippen molar-refractivity contribution in [1.82, 2.24) is 19.1 Å². The van der Waals surface area contributed by atoms with Crippen LogP contribution in [0.25, 0.3) is 10.9 Å². The molecule has 0 radical (unpaired) electrons. The summed E-state index contributed by atoms with van der Waals surface area (Å²) in [6.07, 6.45) is 2.67. The topological polar surface area (TPSA) is 138 Å². The van der Waals surface area contributed by atoms with Crippen molar-refractivity contribution in [2.24, 2.45) is 10.9 Å².